The first-order chi connectivity index (χ1) is 13.0. The number of ether oxygens (including phenoxy) is 1. The zero-order valence-corrected chi connectivity index (χ0v) is 16.8. The second kappa shape index (κ2) is 9.17. The summed E-state index contributed by atoms with van der Waals surface area (Å²) in [5.41, 5.74) is 0.965. The van der Waals surface area contributed by atoms with Crippen molar-refractivity contribution in [2.75, 3.05) is 19.7 Å². The number of sulfonamides is 1. The topological polar surface area (TPSA) is 75.7 Å². The molecule has 0 radical (unpaired) electrons. The van der Waals surface area contributed by atoms with Crippen LogP contribution in [0.25, 0.3) is 0 Å². The first kappa shape index (κ1) is 20.3. The number of hydrogen-bond acceptors (Lipinski definition) is 4. The van der Waals surface area contributed by atoms with Crippen molar-refractivity contribution >= 4 is 15.9 Å². The summed E-state index contributed by atoms with van der Waals surface area (Å²) in [6.07, 6.45) is 6.09. The highest BCUT2D eigenvalue weighted by Gasteiger charge is 2.26. The Morgan fingerprint density at radius 1 is 1.19 bits per heavy atom. The van der Waals surface area contributed by atoms with Gasteiger partial charge in [-0.05, 0) is 56.7 Å². The largest absolute Gasteiger partial charge is 0.376 e. The van der Waals surface area contributed by atoms with Crippen LogP contribution >= 0.6 is 0 Å². The third-order valence-corrected chi connectivity index (χ3v) is 7.34. The van der Waals surface area contributed by atoms with Crippen LogP contribution in [0.4, 0.5) is 0 Å². The fourth-order valence-electron chi connectivity index (χ4n) is 3.76. The zero-order valence-electron chi connectivity index (χ0n) is 16.0. The van der Waals surface area contributed by atoms with Crippen LogP contribution in [0.15, 0.2) is 29.2 Å². The molecule has 2 unspecified atom stereocenters. The molecule has 27 heavy (non-hydrogen) atoms. The number of rotatable bonds is 7. The van der Waals surface area contributed by atoms with E-state index in [1.54, 1.807) is 16.4 Å². The number of nitrogens with zero attached hydrogens (tertiary/aromatic N) is 1. The summed E-state index contributed by atoms with van der Waals surface area (Å²) in [6.45, 7) is 3.96. The van der Waals surface area contributed by atoms with Crippen molar-refractivity contribution in [1.29, 1.82) is 0 Å². The van der Waals surface area contributed by atoms with Crippen molar-refractivity contribution in [3.8, 4) is 0 Å². The minimum absolute atomic E-state index is 0.00279. The van der Waals surface area contributed by atoms with E-state index in [0.29, 0.717) is 30.8 Å². The number of hydrogen-bond donors (Lipinski definition) is 1. The summed E-state index contributed by atoms with van der Waals surface area (Å²) < 4.78 is 32.5. The van der Waals surface area contributed by atoms with Gasteiger partial charge in [0.1, 0.15) is 0 Å². The lowest BCUT2D eigenvalue weighted by Gasteiger charge is -2.25. The van der Waals surface area contributed by atoms with Gasteiger partial charge in [-0.3, -0.25) is 4.79 Å². The number of aryl methyl sites for hydroxylation is 1. The first-order valence-electron chi connectivity index (χ1n) is 9.97. The molecule has 2 fully saturated rings. The van der Waals surface area contributed by atoms with E-state index in [4.69, 9.17) is 4.74 Å². The van der Waals surface area contributed by atoms with Gasteiger partial charge in [-0.1, -0.05) is 18.6 Å². The Labute approximate surface area is 162 Å². The van der Waals surface area contributed by atoms with Crippen molar-refractivity contribution < 1.29 is 17.9 Å². The van der Waals surface area contributed by atoms with Gasteiger partial charge in [0.25, 0.3) is 0 Å². The quantitative estimate of drug-likeness (QED) is 0.771. The lowest BCUT2D eigenvalue weighted by Crippen LogP contribution is -2.40. The molecule has 2 aliphatic rings. The van der Waals surface area contributed by atoms with Gasteiger partial charge < -0.3 is 10.1 Å². The Morgan fingerprint density at radius 3 is 2.52 bits per heavy atom. The van der Waals surface area contributed by atoms with Gasteiger partial charge in [0.15, 0.2) is 0 Å². The molecule has 0 aromatic heterocycles. The molecular formula is C20H30N2O4S. The summed E-state index contributed by atoms with van der Waals surface area (Å²) >= 11 is 0. The Kier molecular flexibility index (Phi) is 6.89. The van der Waals surface area contributed by atoms with Crippen molar-refractivity contribution in [2.45, 2.75) is 68.9 Å². The molecule has 2 heterocycles. The Hall–Kier alpha value is -1.44. The van der Waals surface area contributed by atoms with Crippen LogP contribution in [0.3, 0.4) is 0 Å². The number of benzene rings is 1. The fourth-order valence-corrected chi connectivity index (χ4v) is 5.27. The SMILES string of the molecule is CC(NC(=O)CCc1ccc(S(=O)(=O)N2CCCCC2)cc1)C1CCCO1. The zero-order chi connectivity index (χ0) is 19.3. The molecule has 1 N–H and O–H groups in total. The Morgan fingerprint density at radius 2 is 1.89 bits per heavy atom. The monoisotopic (exact) mass is 394 g/mol. The molecule has 1 aromatic carbocycles. The lowest BCUT2D eigenvalue weighted by molar-refractivity contribution is -0.122. The third kappa shape index (κ3) is 5.30. The molecule has 0 bridgehead atoms. The molecule has 1 aromatic rings. The number of piperidine rings is 1. The molecule has 2 saturated heterocycles. The summed E-state index contributed by atoms with van der Waals surface area (Å²) in [5.74, 6) is 0.00279. The van der Waals surface area contributed by atoms with Crippen molar-refractivity contribution in [3.05, 3.63) is 29.8 Å². The van der Waals surface area contributed by atoms with Gasteiger partial charge >= 0.3 is 0 Å². The van der Waals surface area contributed by atoms with Crippen LogP contribution in [0, 0.1) is 0 Å². The molecule has 7 heteroatoms. The average molecular weight is 395 g/mol. The lowest BCUT2D eigenvalue weighted by atomic mass is 10.1. The van der Waals surface area contributed by atoms with Crippen LogP contribution in [-0.2, 0) is 26.0 Å². The Bertz CT molecular complexity index is 721. The standard InChI is InChI=1S/C20H30N2O4S/c1-16(19-6-5-15-26-19)21-20(23)12-9-17-7-10-18(11-8-17)27(24,25)22-13-3-2-4-14-22/h7-8,10-11,16,19H,2-6,9,12-15H2,1H3,(H,21,23). The highest BCUT2D eigenvalue weighted by atomic mass is 32.2. The van der Waals surface area contributed by atoms with Gasteiger partial charge in [0.05, 0.1) is 17.0 Å². The number of carbonyl (C=O) groups excluding carboxylic acids is 1. The highest BCUT2D eigenvalue weighted by molar-refractivity contribution is 7.89. The maximum atomic E-state index is 12.7. The van der Waals surface area contributed by atoms with Crippen LogP contribution in [-0.4, -0.2) is 50.5 Å². The van der Waals surface area contributed by atoms with E-state index in [1.165, 1.54) is 0 Å². The van der Waals surface area contributed by atoms with Gasteiger partial charge in [-0.15, -0.1) is 0 Å². The molecule has 2 aliphatic heterocycles. The van der Waals surface area contributed by atoms with E-state index in [-0.39, 0.29) is 18.1 Å². The van der Waals surface area contributed by atoms with E-state index in [1.807, 2.05) is 19.1 Å². The van der Waals surface area contributed by atoms with Gasteiger partial charge in [0.2, 0.25) is 15.9 Å². The molecule has 0 saturated carbocycles. The van der Waals surface area contributed by atoms with Crippen LogP contribution in [0.5, 0.6) is 0 Å². The van der Waals surface area contributed by atoms with E-state index in [9.17, 15) is 13.2 Å². The number of amides is 1. The molecule has 6 nitrogen and oxygen atoms in total. The minimum atomic E-state index is -3.40. The van der Waals surface area contributed by atoms with Crippen molar-refractivity contribution in [1.82, 2.24) is 9.62 Å². The summed E-state index contributed by atoms with van der Waals surface area (Å²) in [7, 11) is -3.40. The number of carbonyl (C=O) groups is 1. The smallest absolute Gasteiger partial charge is 0.243 e. The minimum Gasteiger partial charge on any atom is -0.376 e. The molecule has 3 rings (SSSR count). The van der Waals surface area contributed by atoms with E-state index >= 15 is 0 Å². The van der Waals surface area contributed by atoms with Gasteiger partial charge in [-0.2, -0.15) is 4.31 Å². The average Bonchev–Trinajstić information content (AvgIpc) is 3.22. The van der Waals surface area contributed by atoms with E-state index < -0.39 is 10.0 Å². The van der Waals surface area contributed by atoms with Crippen LogP contribution in [0.2, 0.25) is 0 Å². The maximum absolute atomic E-state index is 12.7. The molecular weight excluding hydrogens is 364 g/mol. The molecule has 2 atom stereocenters. The van der Waals surface area contributed by atoms with Crippen molar-refractivity contribution in [3.63, 3.8) is 0 Å². The summed E-state index contributed by atoms with van der Waals surface area (Å²) in [6, 6.07) is 6.97. The van der Waals surface area contributed by atoms with E-state index in [0.717, 1.165) is 44.3 Å². The van der Waals surface area contributed by atoms with Crippen molar-refractivity contribution in [2.24, 2.45) is 0 Å². The number of nitrogens with one attached hydrogen (secondary N) is 1. The third-order valence-electron chi connectivity index (χ3n) is 5.43. The second-order valence-corrected chi connectivity index (χ2v) is 9.45. The highest BCUT2D eigenvalue weighted by Crippen LogP contribution is 2.21. The van der Waals surface area contributed by atoms with Gasteiger partial charge in [-0.25, -0.2) is 8.42 Å². The predicted molar refractivity (Wildman–Crippen MR) is 104 cm³/mol. The predicted octanol–water partition coefficient (Wildman–Crippen LogP) is 2.48. The summed E-state index contributed by atoms with van der Waals surface area (Å²) in [4.78, 5) is 12.5. The van der Waals surface area contributed by atoms with E-state index in [2.05, 4.69) is 5.32 Å². The molecule has 1 amide bonds. The normalized spacial score (nSPS) is 22.5. The van der Waals surface area contributed by atoms with Crippen LogP contribution in [0.1, 0.15) is 51.0 Å². The second-order valence-electron chi connectivity index (χ2n) is 7.52. The first-order valence-corrected chi connectivity index (χ1v) is 11.4. The molecule has 0 aliphatic carbocycles. The molecule has 150 valence electrons. The van der Waals surface area contributed by atoms with Gasteiger partial charge in [0, 0.05) is 26.1 Å². The Balaban J connectivity index is 1.50. The maximum Gasteiger partial charge on any atom is 0.243 e. The summed E-state index contributed by atoms with van der Waals surface area (Å²) in [5, 5.41) is 3.00. The molecule has 0 spiro atoms. The van der Waals surface area contributed by atoms with Crippen LogP contribution < -0.4 is 5.32 Å². The fraction of sp³-hybridized carbons (Fsp3) is 0.650.